The highest BCUT2D eigenvalue weighted by molar-refractivity contribution is 5.78. The Balaban J connectivity index is 2.34. The van der Waals surface area contributed by atoms with Crippen LogP contribution in [0.5, 0.6) is 0 Å². The molecule has 0 aromatic carbocycles. The van der Waals surface area contributed by atoms with Crippen LogP contribution in [-0.4, -0.2) is 49.2 Å². The van der Waals surface area contributed by atoms with Gasteiger partial charge in [0, 0.05) is 31.8 Å². The molecule has 4 heteroatoms. The summed E-state index contributed by atoms with van der Waals surface area (Å²) in [6.45, 7) is 8.15. The van der Waals surface area contributed by atoms with Gasteiger partial charge < -0.3 is 15.0 Å². The molecule has 0 bridgehead atoms. The first-order valence-corrected chi connectivity index (χ1v) is 5.98. The van der Waals surface area contributed by atoms with Crippen molar-refractivity contribution in [2.75, 3.05) is 26.8 Å². The lowest BCUT2D eigenvalue weighted by Gasteiger charge is -2.32. The Morgan fingerprint density at radius 2 is 1.94 bits per heavy atom. The van der Waals surface area contributed by atoms with E-state index in [-0.39, 0.29) is 11.4 Å². The first-order chi connectivity index (χ1) is 7.40. The van der Waals surface area contributed by atoms with Crippen LogP contribution in [0.15, 0.2) is 0 Å². The number of hydrogen-bond acceptors (Lipinski definition) is 3. The van der Waals surface area contributed by atoms with Gasteiger partial charge in [0.1, 0.15) is 0 Å². The molecule has 0 saturated carbocycles. The number of likely N-dealkylation sites (N-methyl/N-ethyl adjacent to an activating group) is 1. The van der Waals surface area contributed by atoms with Gasteiger partial charge in [-0.25, -0.2) is 0 Å². The minimum absolute atomic E-state index is 0.00776. The molecule has 1 amide bonds. The molecular formula is C12H24N2O2. The summed E-state index contributed by atoms with van der Waals surface area (Å²) in [6, 6.07) is 0.350. The first kappa shape index (κ1) is 13.5. The van der Waals surface area contributed by atoms with Gasteiger partial charge in [-0.1, -0.05) is 0 Å². The maximum absolute atomic E-state index is 11.9. The molecule has 16 heavy (non-hydrogen) atoms. The van der Waals surface area contributed by atoms with Crippen LogP contribution in [0.3, 0.4) is 0 Å². The zero-order valence-electron chi connectivity index (χ0n) is 10.9. The Morgan fingerprint density at radius 1 is 1.38 bits per heavy atom. The van der Waals surface area contributed by atoms with Gasteiger partial charge in [-0.2, -0.15) is 0 Å². The summed E-state index contributed by atoms with van der Waals surface area (Å²) >= 11 is 0. The molecule has 0 aromatic rings. The summed E-state index contributed by atoms with van der Waals surface area (Å²) in [6.07, 6.45) is 1.91. The minimum atomic E-state index is -0.00776. The third kappa shape index (κ3) is 4.49. The van der Waals surface area contributed by atoms with Crippen LogP contribution in [0.2, 0.25) is 0 Å². The monoisotopic (exact) mass is 228 g/mol. The van der Waals surface area contributed by atoms with Gasteiger partial charge in [-0.15, -0.1) is 0 Å². The van der Waals surface area contributed by atoms with Crippen LogP contribution in [0.1, 0.15) is 33.6 Å². The molecule has 1 aliphatic rings. The van der Waals surface area contributed by atoms with Gasteiger partial charge in [0.2, 0.25) is 5.91 Å². The smallest absolute Gasteiger partial charge is 0.236 e. The fourth-order valence-electron chi connectivity index (χ4n) is 1.74. The fraction of sp³-hybridized carbons (Fsp3) is 0.917. The Kier molecular flexibility index (Phi) is 4.74. The zero-order chi connectivity index (χ0) is 12.2. The van der Waals surface area contributed by atoms with Gasteiger partial charge >= 0.3 is 0 Å². The van der Waals surface area contributed by atoms with Crippen molar-refractivity contribution in [1.82, 2.24) is 10.2 Å². The third-order valence-electron chi connectivity index (χ3n) is 2.90. The van der Waals surface area contributed by atoms with Crippen molar-refractivity contribution < 1.29 is 9.53 Å². The molecule has 94 valence electrons. The largest absolute Gasteiger partial charge is 0.381 e. The van der Waals surface area contributed by atoms with Crippen LogP contribution in [0, 0.1) is 0 Å². The number of carbonyl (C=O) groups is 1. The molecule has 0 atom stereocenters. The van der Waals surface area contributed by atoms with Gasteiger partial charge in [0.15, 0.2) is 0 Å². The number of nitrogens with zero attached hydrogens (tertiary/aromatic N) is 1. The van der Waals surface area contributed by atoms with E-state index in [2.05, 4.69) is 26.1 Å². The SMILES string of the molecule is CN(C(=O)CNC(C)(C)C)C1CCOCC1. The molecule has 4 nitrogen and oxygen atoms in total. The maximum Gasteiger partial charge on any atom is 0.236 e. The minimum Gasteiger partial charge on any atom is -0.381 e. The quantitative estimate of drug-likeness (QED) is 0.784. The summed E-state index contributed by atoms with van der Waals surface area (Å²) in [5.41, 5.74) is -0.00776. The van der Waals surface area contributed by atoms with Gasteiger partial charge in [0.05, 0.1) is 6.54 Å². The Hall–Kier alpha value is -0.610. The normalized spacial score (nSPS) is 18.5. The predicted molar refractivity (Wildman–Crippen MR) is 64.4 cm³/mol. The van der Waals surface area contributed by atoms with Crippen LogP contribution in [0.4, 0.5) is 0 Å². The van der Waals surface area contributed by atoms with E-state index in [0.29, 0.717) is 12.6 Å². The number of rotatable bonds is 3. The van der Waals surface area contributed by atoms with Crippen LogP contribution in [0.25, 0.3) is 0 Å². The number of ether oxygens (including phenoxy) is 1. The highest BCUT2D eigenvalue weighted by Gasteiger charge is 2.23. The second-order valence-corrected chi connectivity index (χ2v) is 5.45. The van der Waals surface area contributed by atoms with Crippen molar-refractivity contribution >= 4 is 5.91 Å². The fourth-order valence-corrected chi connectivity index (χ4v) is 1.74. The lowest BCUT2D eigenvalue weighted by Crippen LogP contribution is -2.48. The molecule has 1 aliphatic heterocycles. The Morgan fingerprint density at radius 3 is 2.44 bits per heavy atom. The van der Waals surface area contributed by atoms with Crippen molar-refractivity contribution in [2.45, 2.75) is 45.2 Å². The van der Waals surface area contributed by atoms with E-state index in [0.717, 1.165) is 26.1 Å². The third-order valence-corrected chi connectivity index (χ3v) is 2.90. The predicted octanol–water partition coefficient (Wildman–Crippen LogP) is 1.01. The molecule has 0 aromatic heterocycles. The van der Waals surface area contributed by atoms with E-state index in [1.807, 2.05) is 11.9 Å². The van der Waals surface area contributed by atoms with Crippen molar-refractivity contribution in [2.24, 2.45) is 0 Å². The van der Waals surface area contributed by atoms with Crippen molar-refractivity contribution in [1.29, 1.82) is 0 Å². The number of nitrogens with one attached hydrogen (secondary N) is 1. The highest BCUT2D eigenvalue weighted by atomic mass is 16.5. The zero-order valence-corrected chi connectivity index (χ0v) is 10.9. The Labute approximate surface area is 98.3 Å². The van der Waals surface area contributed by atoms with Crippen molar-refractivity contribution in [3.8, 4) is 0 Å². The number of hydrogen-bond donors (Lipinski definition) is 1. The highest BCUT2D eigenvalue weighted by Crippen LogP contribution is 2.12. The van der Waals surface area contributed by atoms with Gasteiger partial charge in [-0.3, -0.25) is 4.79 Å². The summed E-state index contributed by atoms with van der Waals surface area (Å²) in [5, 5.41) is 3.22. The summed E-state index contributed by atoms with van der Waals surface area (Å²) < 4.78 is 5.29. The summed E-state index contributed by atoms with van der Waals surface area (Å²) in [7, 11) is 1.89. The molecule has 1 rings (SSSR count). The molecule has 0 spiro atoms. The van der Waals surface area contributed by atoms with Crippen LogP contribution < -0.4 is 5.32 Å². The number of amides is 1. The van der Waals surface area contributed by atoms with E-state index in [1.54, 1.807) is 0 Å². The van der Waals surface area contributed by atoms with Crippen LogP contribution in [-0.2, 0) is 9.53 Å². The maximum atomic E-state index is 11.9. The molecule has 1 heterocycles. The summed E-state index contributed by atoms with van der Waals surface area (Å²) in [5.74, 6) is 0.168. The Bertz CT molecular complexity index is 230. The average Bonchev–Trinajstić information content (AvgIpc) is 2.25. The molecular weight excluding hydrogens is 204 g/mol. The van der Waals surface area contributed by atoms with Gasteiger partial charge in [0.25, 0.3) is 0 Å². The molecule has 1 saturated heterocycles. The molecule has 0 radical (unpaired) electrons. The topological polar surface area (TPSA) is 41.6 Å². The van der Waals surface area contributed by atoms with E-state index in [4.69, 9.17) is 4.74 Å². The average molecular weight is 228 g/mol. The molecule has 1 fully saturated rings. The van der Waals surface area contributed by atoms with Crippen molar-refractivity contribution in [3.63, 3.8) is 0 Å². The second-order valence-electron chi connectivity index (χ2n) is 5.45. The van der Waals surface area contributed by atoms with E-state index >= 15 is 0 Å². The standard InChI is InChI=1S/C12H24N2O2/c1-12(2,3)13-9-11(15)14(4)10-5-7-16-8-6-10/h10,13H,5-9H2,1-4H3. The lowest BCUT2D eigenvalue weighted by molar-refractivity contribution is -0.132. The van der Waals surface area contributed by atoms with E-state index < -0.39 is 0 Å². The lowest BCUT2D eigenvalue weighted by atomic mass is 10.1. The molecule has 0 aliphatic carbocycles. The van der Waals surface area contributed by atoms with E-state index in [9.17, 15) is 4.79 Å². The second kappa shape index (κ2) is 5.64. The van der Waals surface area contributed by atoms with E-state index in [1.165, 1.54) is 0 Å². The van der Waals surface area contributed by atoms with Crippen LogP contribution >= 0.6 is 0 Å². The molecule has 1 N–H and O–H groups in total. The number of carbonyl (C=O) groups excluding carboxylic acids is 1. The summed E-state index contributed by atoms with van der Waals surface area (Å²) in [4.78, 5) is 13.8. The molecule has 0 unspecified atom stereocenters. The van der Waals surface area contributed by atoms with Gasteiger partial charge in [-0.05, 0) is 33.6 Å². The first-order valence-electron chi connectivity index (χ1n) is 5.98. The van der Waals surface area contributed by atoms with Crippen molar-refractivity contribution in [3.05, 3.63) is 0 Å².